The van der Waals surface area contributed by atoms with Crippen LogP contribution in [0.4, 0.5) is 13.2 Å². The molecule has 0 N–H and O–H groups in total. The van der Waals surface area contributed by atoms with Gasteiger partial charge in [0.15, 0.2) is 5.75 Å². The lowest BCUT2D eigenvalue weighted by molar-refractivity contribution is -0.0499. The van der Waals surface area contributed by atoms with E-state index in [0.717, 1.165) is 29.2 Å². The summed E-state index contributed by atoms with van der Waals surface area (Å²) in [6.07, 6.45) is 4.47. The van der Waals surface area contributed by atoms with E-state index < -0.39 is 28.4 Å². The smallest absolute Gasteiger partial charge is 0.374 e. The molecule has 0 saturated carbocycles. The lowest BCUT2D eigenvalue weighted by Gasteiger charge is -2.12. The Morgan fingerprint density at radius 3 is 2.64 bits per heavy atom. The van der Waals surface area contributed by atoms with Gasteiger partial charge in [0.05, 0.1) is 12.4 Å². The second-order valence-corrected chi connectivity index (χ2v) is 6.25. The van der Waals surface area contributed by atoms with E-state index in [-0.39, 0.29) is 22.2 Å². The summed E-state index contributed by atoms with van der Waals surface area (Å²) >= 11 is 0. The minimum Gasteiger partial charge on any atom is -0.374 e. The minimum atomic E-state index is -6.02. The number of halogens is 3. The quantitative estimate of drug-likeness (QED) is 0.512. The molecule has 0 amide bonds. The molecule has 8 nitrogen and oxygen atoms in total. The van der Waals surface area contributed by atoms with E-state index in [4.69, 9.17) is 9.37 Å². The molecule has 0 aliphatic carbocycles. The highest BCUT2D eigenvalue weighted by molar-refractivity contribution is 7.88. The van der Waals surface area contributed by atoms with Crippen molar-refractivity contribution in [3.05, 3.63) is 36.4 Å². The Morgan fingerprint density at radius 1 is 1.28 bits per heavy atom. The Labute approximate surface area is 143 Å². The number of fused-ring (bicyclic) bond motifs is 1. The number of nitrogens with zero attached hydrogens (tertiary/aromatic N) is 5. The summed E-state index contributed by atoms with van der Waals surface area (Å²) < 4.78 is 88.6. The van der Waals surface area contributed by atoms with E-state index in [1.54, 1.807) is 6.07 Å². The topological polar surface area (TPSA) is 102 Å². The van der Waals surface area contributed by atoms with E-state index in [1.165, 1.54) is 6.20 Å². The second kappa shape index (κ2) is 5.49. The van der Waals surface area contributed by atoms with Crippen molar-refractivity contribution in [1.29, 1.82) is 5.26 Å². The maximum atomic E-state index is 12.7. The number of pyridine rings is 1. The highest BCUT2D eigenvalue weighted by Crippen LogP contribution is 2.33. The summed E-state index contributed by atoms with van der Waals surface area (Å²) in [4.78, 5) is 0. The molecule has 0 aromatic carbocycles. The summed E-state index contributed by atoms with van der Waals surface area (Å²) in [7, 11) is -6.02. The first-order valence-corrected chi connectivity index (χ1v) is 7.72. The molecule has 0 unspecified atom stereocenters. The van der Waals surface area contributed by atoms with Crippen LogP contribution in [0.5, 0.6) is 5.75 Å². The molecule has 3 rings (SSSR count). The van der Waals surface area contributed by atoms with E-state index in [9.17, 15) is 21.6 Å². The maximum absolute atomic E-state index is 12.7. The van der Waals surface area contributed by atoms with Crippen molar-refractivity contribution >= 4 is 15.6 Å². The van der Waals surface area contributed by atoms with Gasteiger partial charge in [-0.25, -0.2) is 4.52 Å². The number of hydrogen-bond donors (Lipinski definition) is 0. The molecular formula is C13H8F3N5O3S. The molecule has 130 valence electrons. The van der Waals surface area contributed by atoms with Gasteiger partial charge < -0.3 is 4.18 Å². The van der Waals surface area contributed by atoms with Crippen molar-refractivity contribution in [1.82, 2.24) is 19.4 Å². The molecule has 0 atom stereocenters. The third kappa shape index (κ3) is 2.89. The first-order valence-electron chi connectivity index (χ1n) is 7.81. The number of aryl methyl sites for hydroxylation is 1. The Hall–Kier alpha value is -3.07. The fourth-order valence-corrected chi connectivity index (χ4v) is 2.48. The fraction of sp³-hybridized carbons (Fsp3) is 0.154. The fourth-order valence-electron chi connectivity index (χ4n) is 2.02. The number of hydrogen-bond acceptors (Lipinski definition) is 6. The maximum Gasteiger partial charge on any atom is 0.534 e. The molecule has 3 aromatic heterocycles. The Morgan fingerprint density at radius 2 is 2.04 bits per heavy atom. The number of aromatic nitrogens is 4. The van der Waals surface area contributed by atoms with Crippen LogP contribution in [0.25, 0.3) is 16.6 Å². The van der Waals surface area contributed by atoms with Crippen molar-refractivity contribution in [2.45, 2.75) is 5.51 Å². The molecule has 0 fully saturated rings. The standard InChI is InChI=1S/C13H8F3N5O3S/c1-20-6-10(5-18-20)8-2-11(24-25(22,23)13(14,15)16)12-9(3-17)4-19-21(12)7-8/h2,4-7H,1H3/i1D3. The average molecular weight is 374 g/mol. The van der Waals surface area contributed by atoms with Crippen LogP contribution in [0.3, 0.4) is 0 Å². The molecule has 0 aliphatic heterocycles. The zero-order valence-corrected chi connectivity index (χ0v) is 12.7. The largest absolute Gasteiger partial charge is 0.534 e. The van der Waals surface area contributed by atoms with Crippen molar-refractivity contribution in [2.75, 3.05) is 0 Å². The van der Waals surface area contributed by atoms with Crippen LogP contribution in [0, 0.1) is 11.3 Å². The van der Waals surface area contributed by atoms with E-state index in [2.05, 4.69) is 14.4 Å². The van der Waals surface area contributed by atoms with Gasteiger partial charge in [0.2, 0.25) is 0 Å². The van der Waals surface area contributed by atoms with Crippen molar-refractivity contribution in [3.63, 3.8) is 0 Å². The number of alkyl halides is 3. The van der Waals surface area contributed by atoms with Crippen LogP contribution < -0.4 is 4.18 Å². The lowest BCUT2D eigenvalue weighted by Crippen LogP contribution is -2.28. The predicted octanol–water partition coefficient (Wildman–Crippen LogP) is 1.83. The van der Waals surface area contributed by atoms with Gasteiger partial charge in [0.25, 0.3) is 0 Å². The second-order valence-electron chi connectivity index (χ2n) is 4.71. The highest BCUT2D eigenvalue weighted by Gasteiger charge is 2.49. The summed E-state index contributed by atoms with van der Waals surface area (Å²) in [6.45, 7) is -2.60. The molecule has 12 heteroatoms. The Kier molecular flexibility index (Phi) is 2.91. The van der Waals surface area contributed by atoms with Crippen molar-refractivity contribution in [2.24, 2.45) is 6.98 Å². The Bertz CT molecular complexity index is 1210. The van der Waals surface area contributed by atoms with E-state index >= 15 is 0 Å². The predicted molar refractivity (Wildman–Crippen MR) is 77.7 cm³/mol. The number of nitriles is 1. The summed E-state index contributed by atoms with van der Waals surface area (Å²) in [6, 6.07) is 2.59. The van der Waals surface area contributed by atoms with Crippen LogP contribution in [-0.4, -0.2) is 33.3 Å². The number of rotatable bonds is 3. The molecule has 0 radical (unpaired) electrons. The summed E-state index contributed by atoms with van der Waals surface area (Å²) in [5, 5.41) is 16.5. The van der Waals surface area contributed by atoms with Crippen molar-refractivity contribution in [3.8, 4) is 22.9 Å². The zero-order chi connectivity index (χ0) is 20.9. The molecule has 25 heavy (non-hydrogen) atoms. The third-order valence-corrected chi connectivity index (χ3v) is 4.06. The van der Waals surface area contributed by atoms with Crippen LogP contribution in [0.15, 0.2) is 30.9 Å². The molecule has 3 heterocycles. The van der Waals surface area contributed by atoms with Crippen LogP contribution in [0.2, 0.25) is 0 Å². The van der Waals surface area contributed by atoms with Gasteiger partial charge in [-0.05, 0) is 6.07 Å². The van der Waals surface area contributed by atoms with Gasteiger partial charge in [-0.3, -0.25) is 4.68 Å². The van der Waals surface area contributed by atoms with Crippen molar-refractivity contribution < 1.29 is 29.9 Å². The molecular weight excluding hydrogens is 363 g/mol. The average Bonchev–Trinajstić information content (AvgIpc) is 3.20. The van der Waals surface area contributed by atoms with Crippen LogP contribution in [-0.2, 0) is 17.1 Å². The normalized spacial score (nSPS) is 14.6. The summed E-state index contributed by atoms with van der Waals surface area (Å²) in [5.74, 6) is -0.800. The van der Waals surface area contributed by atoms with Gasteiger partial charge in [-0.2, -0.15) is 37.0 Å². The van der Waals surface area contributed by atoms with E-state index in [1.807, 2.05) is 0 Å². The van der Waals surface area contributed by atoms with Gasteiger partial charge in [-0.15, -0.1) is 0 Å². The van der Waals surface area contributed by atoms with Crippen LogP contribution in [0.1, 0.15) is 9.68 Å². The minimum absolute atomic E-state index is 0.0583. The summed E-state index contributed by atoms with van der Waals surface area (Å²) in [5.41, 5.74) is -6.03. The lowest BCUT2D eigenvalue weighted by atomic mass is 10.1. The Balaban J connectivity index is 2.20. The zero-order valence-electron chi connectivity index (χ0n) is 14.9. The van der Waals surface area contributed by atoms with Gasteiger partial charge >= 0.3 is 15.6 Å². The van der Waals surface area contributed by atoms with Crippen LogP contribution >= 0.6 is 0 Å². The van der Waals surface area contributed by atoms with Gasteiger partial charge in [0.1, 0.15) is 17.1 Å². The SMILES string of the molecule is [2H]C([2H])([2H])n1cc(-c2cc(OS(=O)(=O)C(F)(F)F)c3c(C#N)cnn3c2)cn1. The molecule has 0 saturated heterocycles. The molecule has 0 aliphatic rings. The molecule has 3 aromatic rings. The highest BCUT2D eigenvalue weighted by atomic mass is 32.2. The van der Waals surface area contributed by atoms with Gasteiger partial charge in [-0.1, -0.05) is 0 Å². The van der Waals surface area contributed by atoms with E-state index in [0.29, 0.717) is 4.68 Å². The molecule has 0 bridgehead atoms. The monoisotopic (exact) mass is 374 g/mol. The first kappa shape index (κ1) is 13.2. The first-order chi connectivity index (χ1) is 12.8. The molecule has 0 spiro atoms. The van der Waals surface area contributed by atoms with Gasteiger partial charge in [0, 0.05) is 34.6 Å². The third-order valence-electron chi connectivity index (χ3n) is 3.10.